The molecule has 0 aromatic heterocycles. The van der Waals surface area contributed by atoms with Crippen molar-refractivity contribution in [1.82, 2.24) is 4.90 Å². The van der Waals surface area contributed by atoms with E-state index in [0.717, 1.165) is 31.6 Å². The topological polar surface area (TPSA) is 47.7 Å². The van der Waals surface area contributed by atoms with Gasteiger partial charge in [-0.2, -0.15) is 8.78 Å². The van der Waals surface area contributed by atoms with Gasteiger partial charge in [-0.15, -0.1) is 0 Å². The molecule has 124 valence electrons. The number of halogens is 2. The lowest BCUT2D eigenvalue weighted by Gasteiger charge is -2.34. The molecule has 1 heterocycles. The van der Waals surface area contributed by atoms with Gasteiger partial charge in [0.15, 0.2) is 11.5 Å². The number of benzene rings is 1. The summed E-state index contributed by atoms with van der Waals surface area (Å²) in [7, 11) is 1.45. The van der Waals surface area contributed by atoms with Gasteiger partial charge in [-0.25, -0.2) is 0 Å². The molecule has 0 spiro atoms. The molecule has 0 amide bonds. The minimum Gasteiger partial charge on any atom is -0.493 e. The van der Waals surface area contributed by atoms with Crippen molar-refractivity contribution in [3.05, 3.63) is 23.8 Å². The molecule has 4 nitrogen and oxygen atoms in total. The molecule has 2 N–H and O–H groups in total. The van der Waals surface area contributed by atoms with Crippen LogP contribution in [0.5, 0.6) is 11.5 Å². The highest BCUT2D eigenvalue weighted by Gasteiger charge is 2.23. The Labute approximate surface area is 130 Å². The quantitative estimate of drug-likeness (QED) is 0.877. The molecule has 0 radical (unpaired) electrons. The third kappa shape index (κ3) is 4.55. The molecule has 2 atom stereocenters. The van der Waals surface area contributed by atoms with E-state index in [0.29, 0.717) is 11.7 Å². The van der Waals surface area contributed by atoms with Gasteiger partial charge in [0.05, 0.1) is 7.11 Å². The largest absolute Gasteiger partial charge is 0.493 e. The van der Waals surface area contributed by atoms with E-state index in [1.165, 1.54) is 19.6 Å². The maximum Gasteiger partial charge on any atom is 0.387 e. The number of likely N-dealkylation sites (tertiary alicyclic amines) is 1. The minimum atomic E-state index is -2.85. The van der Waals surface area contributed by atoms with Crippen LogP contribution < -0.4 is 15.2 Å². The van der Waals surface area contributed by atoms with Crippen molar-refractivity contribution in [2.24, 2.45) is 11.7 Å². The van der Waals surface area contributed by atoms with Gasteiger partial charge in [0, 0.05) is 19.1 Å². The number of ether oxygens (including phenoxy) is 2. The number of methoxy groups -OCH3 is 1. The first kappa shape index (κ1) is 17.0. The Hall–Kier alpha value is -1.40. The molecule has 1 saturated heterocycles. The lowest BCUT2D eigenvalue weighted by Crippen LogP contribution is -2.41. The zero-order valence-corrected chi connectivity index (χ0v) is 13.1. The van der Waals surface area contributed by atoms with Crippen LogP contribution in [-0.4, -0.2) is 37.8 Å². The van der Waals surface area contributed by atoms with E-state index in [4.69, 9.17) is 10.5 Å². The molecule has 0 aliphatic carbocycles. The van der Waals surface area contributed by atoms with Crippen molar-refractivity contribution in [3.63, 3.8) is 0 Å². The number of nitrogens with two attached hydrogens (primary N) is 1. The molecular formula is C16H24F2N2O2. The van der Waals surface area contributed by atoms with Gasteiger partial charge in [-0.05, 0) is 49.9 Å². The van der Waals surface area contributed by atoms with Gasteiger partial charge in [0.2, 0.25) is 0 Å². The van der Waals surface area contributed by atoms with E-state index in [1.54, 1.807) is 12.1 Å². The van der Waals surface area contributed by atoms with Crippen molar-refractivity contribution in [3.8, 4) is 11.5 Å². The maximum absolute atomic E-state index is 12.3. The second-order valence-corrected chi connectivity index (χ2v) is 5.86. The summed E-state index contributed by atoms with van der Waals surface area (Å²) in [6, 6.07) is 5.29. The van der Waals surface area contributed by atoms with E-state index in [1.807, 2.05) is 6.92 Å². The molecular weight excluding hydrogens is 290 g/mol. The molecule has 22 heavy (non-hydrogen) atoms. The van der Waals surface area contributed by atoms with Gasteiger partial charge in [0.1, 0.15) is 0 Å². The van der Waals surface area contributed by atoms with Gasteiger partial charge in [0.25, 0.3) is 0 Å². The monoisotopic (exact) mass is 314 g/mol. The average Bonchev–Trinajstić information content (AvgIpc) is 2.48. The molecule has 6 heteroatoms. The van der Waals surface area contributed by atoms with Gasteiger partial charge >= 0.3 is 6.61 Å². The lowest BCUT2D eigenvalue weighted by atomic mass is 9.92. The van der Waals surface area contributed by atoms with Crippen molar-refractivity contribution < 1.29 is 18.3 Å². The molecule has 0 saturated carbocycles. The van der Waals surface area contributed by atoms with E-state index in [2.05, 4.69) is 9.64 Å². The van der Waals surface area contributed by atoms with Gasteiger partial charge in [-0.3, -0.25) is 4.90 Å². The number of alkyl halides is 2. The fourth-order valence-electron chi connectivity index (χ4n) is 2.93. The Morgan fingerprint density at radius 3 is 2.77 bits per heavy atom. The predicted octanol–water partition coefficient (Wildman–Crippen LogP) is 2.86. The smallest absolute Gasteiger partial charge is 0.387 e. The van der Waals surface area contributed by atoms with Gasteiger partial charge in [-0.1, -0.05) is 6.07 Å². The van der Waals surface area contributed by atoms with Crippen LogP contribution in [0.15, 0.2) is 18.2 Å². The van der Waals surface area contributed by atoms with E-state index >= 15 is 0 Å². The number of nitrogens with zero attached hydrogens (tertiary/aromatic N) is 1. The van der Waals surface area contributed by atoms with Gasteiger partial charge < -0.3 is 15.2 Å². The Morgan fingerprint density at radius 1 is 1.36 bits per heavy atom. The summed E-state index contributed by atoms with van der Waals surface area (Å²) in [5.74, 6) is 0.906. The number of hydrogen-bond donors (Lipinski definition) is 1. The second-order valence-electron chi connectivity index (χ2n) is 5.86. The summed E-state index contributed by atoms with van der Waals surface area (Å²) in [6.45, 7) is 1.95. The molecule has 1 aliphatic heterocycles. The molecule has 1 aromatic carbocycles. The summed E-state index contributed by atoms with van der Waals surface area (Å²) < 4.78 is 34.2. The molecule has 1 aliphatic rings. The number of piperidine rings is 1. The first-order valence-corrected chi connectivity index (χ1v) is 7.59. The number of hydrogen-bond acceptors (Lipinski definition) is 4. The molecule has 1 aromatic rings. The normalized spacial score (nSPS) is 20.9. The van der Waals surface area contributed by atoms with Crippen LogP contribution in [0.1, 0.15) is 25.3 Å². The highest BCUT2D eigenvalue weighted by atomic mass is 19.3. The van der Waals surface area contributed by atoms with Crippen LogP contribution in [0, 0.1) is 5.92 Å². The van der Waals surface area contributed by atoms with Crippen molar-refractivity contribution in [2.45, 2.75) is 39.0 Å². The first-order valence-electron chi connectivity index (χ1n) is 7.59. The van der Waals surface area contributed by atoms with Crippen molar-refractivity contribution >= 4 is 0 Å². The van der Waals surface area contributed by atoms with Crippen LogP contribution in [0.4, 0.5) is 8.78 Å². The third-order valence-electron chi connectivity index (χ3n) is 4.14. The third-order valence-corrected chi connectivity index (χ3v) is 4.14. The first-order chi connectivity index (χ1) is 10.5. The Kier molecular flexibility index (Phi) is 5.97. The van der Waals surface area contributed by atoms with E-state index in [-0.39, 0.29) is 11.8 Å². The van der Waals surface area contributed by atoms with Crippen LogP contribution in [0.2, 0.25) is 0 Å². The van der Waals surface area contributed by atoms with Crippen molar-refractivity contribution in [1.29, 1.82) is 0 Å². The zero-order chi connectivity index (χ0) is 16.1. The Morgan fingerprint density at radius 2 is 2.14 bits per heavy atom. The zero-order valence-electron chi connectivity index (χ0n) is 13.1. The second kappa shape index (κ2) is 7.74. The van der Waals surface area contributed by atoms with E-state index < -0.39 is 6.61 Å². The summed E-state index contributed by atoms with van der Waals surface area (Å²) in [5.41, 5.74) is 7.02. The predicted molar refractivity (Wildman–Crippen MR) is 81.3 cm³/mol. The molecule has 2 rings (SSSR count). The van der Waals surface area contributed by atoms with E-state index in [9.17, 15) is 8.78 Å². The number of rotatable bonds is 6. The lowest BCUT2D eigenvalue weighted by molar-refractivity contribution is -0.0512. The minimum absolute atomic E-state index is 0.0633. The highest BCUT2D eigenvalue weighted by Crippen LogP contribution is 2.30. The molecule has 1 fully saturated rings. The molecule has 2 unspecified atom stereocenters. The Bertz CT molecular complexity index is 483. The standard InChI is InChI=1S/C16H24F2N2O2/c1-11(19)13-4-3-7-20(10-13)9-12-5-6-14(22-16(17)18)15(8-12)21-2/h5-6,8,11,13,16H,3-4,7,9-10,19H2,1-2H3. The Balaban J connectivity index is 2.03. The highest BCUT2D eigenvalue weighted by molar-refractivity contribution is 5.43. The average molecular weight is 314 g/mol. The van der Waals surface area contributed by atoms with Crippen LogP contribution in [0.25, 0.3) is 0 Å². The van der Waals surface area contributed by atoms with Crippen LogP contribution in [-0.2, 0) is 6.54 Å². The van der Waals surface area contributed by atoms with Crippen LogP contribution in [0.3, 0.4) is 0 Å². The SMILES string of the molecule is COc1cc(CN2CCCC(C(C)N)C2)ccc1OC(F)F. The summed E-state index contributed by atoms with van der Waals surface area (Å²) in [5, 5.41) is 0. The maximum atomic E-state index is 12.3. The fraction of sp³-hybridized carbons (Fsp3) is 0.625. The van der Waals surface area contributed by atoms with Crippen molar-refractivity contribution in [2.75, 3.05) is 20.2 Å². The van der Waals surface area contributed by atoms with Crippen LogP contribution >= 0.6 is 0 Å². The summed E-state index contributed by atoms with van der Waals surface area (Å²) in [6.07, 6.45) is 2.30. The fourth-order valence-corrected chi connectivity index (χ4v) is 2.93. The summed E-state index contributed by atoms with van der Waals surface area (Å²) in [4.78, 5) is 2.35. The molecule has 0 bridgehead atoms. The summed E-state index contributed by atoms with van der Waals surface area (Å²) >= 11 is 0.